The maximum absolute atomic E-state index is 11.9. The van der Waals surface area contributed by atoms with Gasteiger partial charge in [-0.2, -0.15) is 4.37 Å². The number of nitrogens with one attached hydrogen (secondary N) is 1. The van der Waals surface area contributed by atoms with Crippen LogP contribution >= 0.6 is 43.4 Å². The molecule has 1 heterocycles. The van der Waals surface area contributed by atoms with Gasteiger partial charge in [0.1, 0.15) is 5.82 Å². The van der Waals surface area contributed by atoms with E-state index in [1.165, 1.54) is 0 Å². The number of aryl methyl sites for hydroxylation is 1. The molecule has 0 aliphatic carbocycles. The Kier molecular flexibility index (Phi) is 3.90. The molecule has 1 amide bonds. The summed E-state index contributed by atoms with van der Waals surface area (Å²) in [6.45, 7) is 1.78. The summed E-state index contributed by atoms with van der Waals surface area (Å²) in [6, 6.07) is 5.36. The predicted molar refractivity (Wildman–Crippen MR) is 74.4 cm³/mol. The van der Waals surface area contributed by atoms with Crippen molar-refractivity contribution in [3.8, 4) is 0 Å². The number of hydrogen-bond acceptors (Lipinski definition) is 4. The highest BCUT2D eigenvalue weighted by atomic mass is 79.9. The van der Waals surface area contributed by atoms with Crippen LogP contribution in [0.25, 0.3) is 0 Å². The topological polar surface area (TPSA) is 54.9 Å². The Hall–Kier alpha value is -0.790. The van der Waals surface area contributed by atoms with Gasteiger partial charge in [0.2, 0.25) is 5.13 Å². The first-order valence-electron chi connectivity index (χ1n) is 4.62. The van der Waals surface area contributed by atoms with Gasteiger partial charge in [0.05, 0.1) is 0 Å². The highest BCUT2D eigenvalue weighted by Crippen LogP contribution is 2.21. The number of carbonyl (C=O) groups is 1. The average molecular weight is 377 g/mol. The van der Waals surface area contributed by atoms with Crippen LogP contribution in [0, 0.1) is 6.92 Å². The van der Waals surface area contributed by atoms with Crippen LogP contribution in [0.5, 0.6) is 0 Å². The Morgan fingerprint density at radius 1 is 1.29 bits per heavy atom. The van der Waals surface area contributed by atoms with E-state index in [9.17, 15) is 4.79 Å². The molecule has 1 aromatic heterocycles. The number of rotatable bonds is 2. The zero-order valence-corrected chi connectivity index (χ0v) is 12.7. The van der Waals surface area contributed by atoms with E-state index in [4.69, 9.17) is 0 Å². The van der Waals surface area contributed by atoms with Gasteiger partial charge in [-0.3, -0.25) is 10.1 Å². The monoisotopic (exact) mass is 375 g/mol. The van der Waals surface area contributed by atoms with Crippen LogP contribution in [0.3, 0.4) is 0 Å². The van der Waals surface area contributed by atoms with Crippen LogP contribution < -0.4 is 5.32 Å². The smallest absolute Gasteiger partial charge is 0.257 e. The van der Waals surface area contributed by atoms with Crippen LogP contribution in [0.1, 0.15) is 16.2 Å². The second-order valence-corrected chi connectivity index (χ2v) is 5.84. The molecule has 0 radical (unpaired) electrons. The molecule has 2 rings (SSSR count). The number of anilines is 1. The fourth-order valence-electron chi connectivity index (χ4n) is 1.20. The third-order valence-electron chi connectivity index (χ3n) is 1.87. The molecule has 2 aromatic rings. The number of aromatic nitrogens is 2. The molecule has 0 saturated heterocycles. The van der Waals surface area contributed by atoms with E-state index in [2.05, 4.69) is 46.5 Å². The van der Waals surface area contributed by atoms with Crippen LogP contribution in [-0.2, 0) is 0 Å². The molecule has 17 heavy (non-hydrogen) atoms. The lowest BCUT2D eigenvalue weighted by Crippen LogP contribution is -2.11. The Labute approximate surface area is 119 Å². The molecule has 0 bridgehead atoms. The Morgan fingerprint density at radius 2 is 1.94 bits per heavy atom. The van der Waals surface area contributed by atoms with Gasteiger partial charge in [0.15, 0.2) is 0 Å². The molecule has 0 aliphatic heterocycles. The molecule has 7 heteroatoms. The molecular weight excluding hydrogens is 370 g/mol. The number of nitrogens with zero attached hydrogens (tertiary/aromatic N) is 2. The summed E-state index contributed by atoms with van der Waals surface area (Å²) < 4.78 is 5.67. The molecule has 1 N–H and O–H groups in total. The Balaban J connectivity index is 2.19. The fraction of sp³-hybridized carbons (Fsp3) is 0.100. The van der Waals surface area contributed by atoms with Crippen LogP contribution in [0.2, 0.25) is 0 Å². The highest BCUT2D eigenvalue weighted by molar-refractivity contribution is 9.11. The van der Waals surface area contributed by atoms with Gasteiger partial charge in [-0.1, -0.05) is 31.9 Å². The molecule has 0 fully saturated rings. The minimum atomic E-state index is -0.205. The standard InChI is InChI=1S/C10H7Br2N3OS/c1-5-13-10(17-15-5)14-9(16)6-2-7(11)4-8(12)3-6/h2-4H,1H3,(H,13,14,15,16). The molecule has 88 valence electrons. The summed E-state index contributed by atoms with van der Waals surface area (Å²) in [5, 5.41) is 3.20. The lowest BCUT2D eigenvalue weighted by molar-refractivity contribution is 0.102. The second-order valence-electron chi connectivity index (χ2n) is 3.26. The Bertz CT molecular complexity index is 550. The average Bonchev–Trinajstić information content (AvgIpc) is 2.62. The normalized spacial score (nSPS) is 10.3. The van der Waals surface area contributed by atoms with Crippen molar-refractivity contribution in [3.05, 3.63) is 38.5 Å². The molecule has 0 spiro atoms. The van der Waals surface area contributed by atoms with Gasteiger partial charge in [0.25, 0.3) is 5.91 Å². The quantitative estimate of drug-likeness (QED) is 0.870. The van der Waals surface area contributed by atoms with Gasteiger partial charge in [0, 0.05) is 26.0 Å². The number of benzene rings is 1. The first-order chi connectivity index (χ1) is 8.04. The van der Waals surface area contributed by atoms with Crippen molar-refractivity contribution in [2.45, 2.75) is 6.92 Å². The zero-order chi connectivity index (χ0) is 12.4. The largest absolute Gasteiger partial charge is 0.297 e. The van der Waals surface area contributed by atoms with Crippen molar-refractivity contribution in [1.29, 1.82) is 0 Å². The predicted octanol–water partition coefficient (Wildman–Crippen LogP) is 3.62. The SMILES string of the molecule is Cc1nsc(NC(=O)c2cc(Br)cc(Br)c2)n1. The lowest BCUT2D eigenvalue weighted by atomic mass is 10.2. The van der Waals surface area contributed by atoms with Crippen molar-refractivity contribution in [2.24, 2.45) is 0 Å². The zero-order valence-electron chi connectivity index (χ0n) is 8.70. The molecule has 4 nitrogen and oxygen atoms in total. The third kappa shape index (κ3) is 3.34. The first kappa shape index (κ1) is 12.7. The molecule has 0 saturated carbocycles. The van der Waals surface area contributed by atoms with Crippen molar-refractivity contribution in [2.75, 3.05) is 5.32 Å². The van der Waals surface area contributed by atoms with E-state index in [1.54, 1.807) is 19.1 Å². The van der Waals surface area contributed by atoms with Gasteiger partial charge < -0.3 is 0 Å². The summed E-state index contributed by atoms with van der Waals surface area (Å²) in [7, 11) is 0. The first-order valence-corrected chi connectivity index (χ1v) is 6.98. The maximum Gasteiger partial charge on any atom is 0.257 e. The van der Waals surface area contributed by atoms with E-state index in [1.807, 2.05) is 6.07 Å². The minimum Gasteiger partial charge on any atom is -0.297 e. The molecule has 0 aliphatic rings. The maximum atomic E-state index is 11.9. The summed E-state index contributed by atoms with van der Waals surface area (Å²) in [5.74, 6) is 0.448. The third-order valence-corrected chi connectivity index (χ3v) is 3.51. The van der Waals surface area contributed by atoms with Crippen LogP contribution in [-0.4, -0.2) is 15.3 Å². The lowest BCUT2D eigenvalue weighted by Gasteiger charge is -2.02. The number of carbonyl (C=O) groups excluding carboxylic acids is 1. The van der Waals surface area contributed by atoms with Gasteiger partial charge in [-0.05, 0) is 25.1 Å². The van der Waals surface area contributed by atoms with E-state index in [0.717, 1.165) is 20.5 Å². The number of halogens is 2. The molecule has 1 aromatic carbocycles. The highest BCUT2D eigenvalue weighted by Gasteiger charge is 2.10. The van der Waals surface area contributed by atoms with Gasteiger partial charge >= 0.3 is 0 Å². The van der Waals surface area contributed by atoms with Gasteiger partial charge in [-0.25, -0.2) is 4.98 Å². The van der Waals surface area contributed by atoms with Crippen molar-refractivity contribution >= 4 is 54.4 Å². The minimum absolute atomic E-state index is 0.205. The fourth-order valence-corrected chi connectivity index (χ4v) is 3.07. The summed E-state index contributed by atoms with van der Waals surface area (Å²) in [4.78, 5) is 16.0. The number of hydrogen-bond donors (Lipinski definition) is 1. The molecule has 0 atom stereocenters. The van der Waals surface area contributed by atoms with Crippen LogP contribution in [0.4, 0.5) is 5.13 Å². The van der Waals surface area contributed by atoms with E-state index in [-0.39, 0.29) is 5.91 Å². The Morgan fingerprint density at radius 3 is 2.47 bits per heavy atom. The summed E-state index contributed by atoms with van der Waals surface area (Å²) in [6.07, 6.45) is 0. The van der Waals surface area contributed by atoms with Crippen LogP contribution in [0.15, 0.2) is 27.1 Å². The van der Waals surface area contributed by atoms with Gasteiger partial charge in [-0.15, -0.1) is 0 Å². The van der Waals surface area contributed by atoms with E-state index >= 15 is 0 Å². The van der Waals surface area contributed by atoms with Crippen molar-refractivity contribution < 1.29 is 4.79 Å². The van der Waals surface area contributed by atoms with Crippen molar-refractivity contribution in [3.63, 3.8) is 0 Å². The molecular formula is C10H7Br2N3OS. The summed E-state index contributed by atoms with van der Waals surface area (Å²) in [5.41, 5.74) is 0.555. The number of amides is 1. The van der Waals surface area contributed by atoms with Crippen molar-refractivity contribution in [1.82, 2.24) is 9.36 Å². The van der Waals surface area contributed by atoms with E-state index in [0.29, 0.717) is 16.5 Å². The summed E-state index contributed by atoms with van der Waals surface area (Å²) >= 11 is 7.84. The molecule has 0 unspecified atom stereocenters. The van der Waals surface area contributed by atoms with E-state index < -0.39 is 0 Å². The second kappa shape index (κ2) is 5.24.